The number of hydrogen-bond donors (Lipinski definition) is 2. The highest BCUT2D eigenvalue weighted by molar-refractivity contribution is 5.75. The summed E-state index contributed by atoms with van der Waals surface area (Å²) in [6, 6.07) is 4.56. The van der Waals surface area contributed by atoms with Gasteiger partial charge in [0, 0.05) is 12.2 Å². The number of carboxylic acids is 1. The SMILES string of the molecule is CCC(C)(CNc1ccc(C(F)(F)F)c(C#N)c1)C(=O)O. The van der Waals surface area contributed by atoms with Crippen LogP contribution >= 0.6 is 0 Å². The lowest BCUT2D eigenvalue weighted by atomic mass is 9.87. The molecular weight excluding hydrogens is 285 g/mol. The molecule has 4 nitrogen and oxygen atoms in total. The molecule has 0 saturated carbocycles. The standard InChI is InChI=1S/C14H15F3N2O2/c1-3-13(2,12(20)21)8-19-10-4-5-11(14(15,16)17)9(6-10)7-18/h4-6,19H,3,8H2,1-2H3,(H,20,21). The lowest BCUT2D eigenvalue weighted by molar-refractivity contribution is -0.147. The summed E-state index contributed by atoms with van der Waals surface area (Å²) in [6.07, 6.45) is -4.23. The van der Waals surface area contributed by atoms with Crippen LogP contribution in [0.1, 0.15) is 31.4 Å². The van der Waals surface area contributed by atoms with Crippen LogP contribution in [0.25, 0.3) is 0 Å². The molecule has 0 spiro atoms. The molecule has 0 fully saturated rings. The zero-order chi connectivity index (χ0) is 16.3. The Kier molecular flexibility index (Phi) is 4.84. The molecule has 1 atom stereocenters. The van der Waals surface area contributed by atoms with Crippen LogP contribution in [0.3, 0.4) is 0 Å². The number of nitriles is 1. The van der Waals surface area contributed by atoms with Gasteiger partial charge < -0.3 is 10.4 Å². The van der Waals surface area contributed by atoms with E-state index in [9.17, 15) is 18.0 Å². The summed E-state index contributed by atoms with van der Waals surface area (Å²) in [6.45, 7) is 3.30. The molecular formula is C14H15F3N2O2. The summed E-state index contributed by atoms with van der Waals surface area (Å²) >= 11 is 0. The van der Waals surface area contributed by atoms with Crippen molar-refractivity contribution in [2.45, 2.75) is 26.4 Å². The number of aliphatic carboxylic acids is 1. The largest absolute Gasteiger partial charge is 0.481 e. The highest BCUT2D eigenvalue weighted by atomic mass is 19.4. The summed E-state index contributed by atoms with van der Waals surface area (Å²) in [5.74, 6) is -0.995. The molecule has 0 saturated heterocycles. The van der Waals surface area contributed by atoms with Gasteiger partial charge >= 0.3 is 12.1 Å². The predicted molar refractivity (Wildman–Crippen MR) is 70.7 cm³/mol. The Labute approximate surface area is 120 Å². The Balaban J connectivity index is 2.98. The van der Waals surface area contributed by atoms with E-state index in [1.54, 1.807) is 6.92 Å². The predicted octanol–water partition coefficient (Wildman–Crippen LogP) is 3.49. The number of rotatable bonds is 5. The quantitative estimate of drug-likeness (QED) is 0.873. The van der Waals surface area contributed by atoms with Gasteiger partial charge in [-0.15, -0.1) is 0 Å². The zero-order valence-electron chi connectivity index (χ0n) is 11.6. The number of halogens is 3. The Morgan fingerprint density at radius 1 is 1.43 bits per heavy atom. The molecule has 7 heteroatoms. The average molecular weight is 300 g/mol. The number of carboxylic acid groups (broad SMARTS) is 1. The second-order valence-electron chi connectivity index (χ2n) is 4.94. The van der Waals surface area contributed by atoms with Crippen LogP contribution in [-0.4, -0.2) is 17.6 Å². The number of hydrogen-bond acceptors (Lipinski definition) is 3. The van der Waals surface area contributed by atoms with E-state index in [-0.39, 0.29) is 12.2 Å². The maximum Gasteiger partial charge on any atom is 0.417 e. The van der Waals surface area contributed by atoms with Gasteiger partial charge in [-0.25, -0.2) is 0 Å². The fourth-order valence-electron chi connectivity index (χ4n) is 1.64. The molecule has 0 heterocycles. The van der Waals surface area contributed by atoms with Gasteiger partial charge in [0.1, 0.15) is 0 Å². The van der Waals surface area contributed by atoms with E-state index in [1.165, 1.54) is 19.1 Å². The highest BCUT2D eigenvalue weighted by Crippen LogP contribution is 2.33. The van der Waals surface area contributed by atoms with E-state index < -0.39 is 28.7 Å². The molecule has 0 aliphatic carbocycles. The smallest absolute Gasteiger partial charge is 0.417 e. The number of carbonyl (C=O) groups is 1. The first-order valence-electron chi connectivity index (χ1n) is 6.22. The molecule has 0 aliphatic rings. The van der Waals surface area contributed by atoms with Crippen LogP contribution < -0.4 is 5.32 Å². The van der Waals surface area contributed by atoms with Gasteiger partial charge in [-0.05, 0) is 31.5 Å². The van der Waals surface area contributed by atoms with E-state index in [0.717, 1.165) is 12.1 Å². The molecule has 0 aliphatic heterocycles. The molecule has 21 heavy (non-hydrogen) atoms. The third-order valence-electron chi connectivity index (χ3n) is 3.42. The van der Waals surface area contributed by atoms with E-state index >= 15 is 0 Å². The van der Waals surface area contributed by atoms with Gasteiger partial charge in [0.15, 0.2) is 0 Å². The van der Waals surface area contributed by atoms with E-state index in [0.29, 0.717) is 6.42 Å². The van der Waals surface area contributed by atoms with Crippen LogP contribution in [0.15, 0.2) is 18.2 Å². The molecule has 0 bridgehead atoms. The van der Waals surface area contributed by atoms with E-state index in [2.05, 4.69) is 5.32 Å². The minimum Gasteiger partial charge on any atom is -0.481 e. The fourth-order valence-corrected chi connectivity index (χ4v) is 1.64. The molecule has 1 aromatic carbocycles. The molecule has 114 valence electrons. The molecule has 1 rings (SSSR count). The minimum atomic E-state index is -4.59. The number of nitrogens with one attached hydrogen (secondary N) is 1. The normalized spacial score (nSPS) is 14.1. The van der Waals surface area contributed by atoms with Crippen LogP contribution in [0, 0.1) is 16.7 Å². The molecule has 0 amide bonds. The van der Waals surface area contributed by atoms with Gasteiger partial charge in [-0.1, -0.05) is 6.92 Å². The molecule has 0 radical (unpaired) electrons. The van der Waals surface area contributed by atoms with E-state index in [1.807, 2.05) is 0 Å². The first kappa shape index (κ1) is 16.8. The van der Waals surface area contributed by atoms with Crippen molar-refractivity contribution in [1.29, 1.82) is 5.26 Å². The van der Waals surface area contributed by atoms with Crippen molar-refractivity contribution in [1.82, 2.24) is 0 Å². The summed E-state index contributed by atoms with van der Waals surface area (Å²) in [5.41, 5.74) is -2.26. The third kappa shape index (κ3) is 3.88. The molecule has 1 aromatic rings. The van der Waals surface area contributed by atoms with Gasteiger partial charge in [-0.3, -0.25) is 4.79 Å². The van der Waals surface area contributed by atoms with Gasteiger partial charge in [0.05, 0.1) is 22.6 Å². The first-order chi connectivity index (χ1) is 9.64. The van der Waals surface area contributed by atoms with Crippen LogP contribution in [-0.2, 0) is 11.0 Å². The zero-order valence-corrected chi connectivity index (χ0v) is 11.6. The second kappa shape index (κ2) is 6.04. The average Bonchev–Trinajstić information content (AvgIpc) is 2.43. The lowest BCUT2D eigenvalue weighted by Crippen LogP contribution is -2.34. The molecule has 2 N–H and O–H groups in total. The lowest BCUT2D eigenvalue weighted by Gasteiger charge is -2.24. The summed E-state index contributed by atoms with van der Waals surface area (Å²) in [7, 11) is 0. The van der Waals surface area contributed by atoms with Crippen molar-refractivity contribution < 1.29 is 23.1 Å². The minimum absolute atomic E-state index is 0.0507. The van der Waals surface area contributed by atoms with Crippen molar-refractivity contribution >= 4 is 11.7 Å². The van der Waals surface area contributed by atoms with Gasteiger partial charge in [0.25, 0.3) is 0 Å². The van der Waals surface area contributed by atoms with Crippen LogP contribution in [0.5, 0.6) is 0 Å². The Hall–Kier alpha value is -2.23. The first-order valence-corrected chi connectivity index (χ1v) is 6.22. The van der Waals surface area contributed by atoms with Crippen molar-refractivity contribution in [3.63, 3.8) is 0 Å². The summed E-state index contributed by atoms with van der Waals surface area (Å²) < 4.78 is 38.0. The topological polar surface area (TPSA) is 73.1 Å². The van der Waals surface area contributed by atoms with Crippen molar-refractivity contribution in [2.75, 3.05) is 11.9 Å². The number of nitrogens with zero attached hydrogens (tertiary/aromatic N) is 1. The highest BCUT2D eigenvalue weighted by Gasteiger charge is 2.34. The fraction of sp³-hybridized carbons (Fsp3) is 0.429. The molecule has 0 aromatic heterocycles. The van der Waals surface area contributed by atoms with E-state index in [4.69, 9.17) is 10.4 Å². The number of alkyl halides is 3. The van der Waals surface area contributed by atoms with Crippen LogP contribution in [0.2, 0.25) is 0 Å². The maximum absolute atomic E-state index is 12.7. The monoisotopic (exact) mass is 300 g/mol. The second-order valence-corrected chi connectivity index (χ2v) is 4.94. The maximum atomic E-state index is 12.7. The van der Waals surface area contributed by atoms with Crippen molar-refractivity contribution in [3.05, 3.63) is 29.3 Å². The van der Waals surface area contributed by atoms with Gasteiger partial charge in [0.2, 0.25) is 0 Å². The third-order valence-corrected chi connectivity index (χ3v) is 3.42. The van der Waals surface area contributed by atoms with Crippen molar-refractivity contribution in [2.24, 2.45) is 5.41 Å². The van der Waals surface area contributed by atoms with Crippen molar-refractivity contribution in [3.8, 4) is 6.07 Å². The molecule has 1 unspecified atom stereocenters. The Bertz CT molecular complexity index is 579. The summed E-state index contributed by atoms with van der Waals surface area (Å²) in [5, 5.41) is 20.7. The number of anilines is 1. The Morgan fingerprint density at radius 2 is 2.05 bits per heavy atom. The van der Waals surface area contributed by atoms with Gasteiger partial charge in [-0.2, -0.15) is 18.4 Å². The number of benzene rings is 1. The van der Waals surface area contributed by atoms with Crippen LogP contribution in [0.4, 0.5) is 18.9 Å². The Morgan fingerprint density at radius 3 is 2.48 bits per heavy atom. The summed E-state index contributed by atoms with van der Waals surface area (Å²) in [4.78, 5) is 11.1.